The van der Waals surface area contributed by atoms with Crippen molar-refractivity contribution in [3.63, 3.8) is 0 Å². The fourth-order valence-electron chi connectivity index (χ4n) is 2.63. The molecule has 1 aliphatic heterocycles. The van der Waals surface area contributed by atoms with Crippen LogP contribution in [0, 0.1) is 0 Å². The molecule has 1 fully saturated rings. The summed E-state index contributed by atoms with van der Waals surface area (Å²) < 4.78 is 5.25. The zero-order valence-electron chi connectivity index (χ0n) is 10.8. The van der Waals surface area contributed by atoms with Crippen LogP contribution in [0.3, 0.4) is 0 Å². The van der Waals surface area contributed by atoms with Crippen LogP contribution in [0.5, 0.6) is 5.75 Å². The molecular weight excluding hydrogens is 212 g/mol. The van der Waals surface area contributed by atoms with E-state index in [0.29, 0.717) is 0 Å². The lowest BCUT2D eigenvalue weighted by Crippen LogP contribution is -2.28. The van der Waals surface area contributed by atoms with Crippen LogP contribution in [-0.2, 0) is 6.54 Å². The summed E-state index contributed by atoms with van der Waals surface area (Å²) in [4.78, 5) is 2.53. The minimum absolute atomic E-state index is 0.723. The first-order valence-corrected chi connectivity index (χ1v) is 6.41. The Morgan fingerprint density at radius 1 is 1.47 bits per heavy atom. The number of hydrogen-bond acceptors (Lipinski definition) is 3. The van der Waals surface area contributed by atoms with Crippen LogP contribution in [0.2, 0.25) is 0 Å². The van der Waals surface area contributed by atoms with Crippen molar-refractivity contribution in [1.29, 1.82) is 0 Å². The van der Waals surface area contributed by atoms with Gasteiger partial charge >= 0.3 is 0 Å². The molecule has 0 spiro atoms. The van der Waals surface area contributed by atoms with E-state index in [4.69, 9.17) is 10.5 Å². The molecule has 2 N–H and O–H groups in total. The molecule has 1 unspecified atom stereocenters. The zero-order chi connectivity index (χ0) is 12.3. The van der Waals surface area contributed by atoms with Crippen molar-refractivity contribution in [2.24, 2.45) is 0 Å². The highest BCUT2D eigenvalue weighted by Gasteiger charge is 2.23. The van der Waals surface area contributed by atoms with E-state index in [1.54, 1.807) is 7.11 Å². The number of hydrogen-bond donors (Lipinski definition) is 1. The van der Waals surface area contributed by atoms with Gasteiger partial charge in [-0.2, -0.15) is 0 Å². The standard InChI is InChI=1S/C14H22N2O/c1-3-12-5-4-8-16(12)10-11-9-13(17-2)6-7-14(11)15/h6-7,9,12H,3-5,8,10,15H2,1-2H3. The number of rotatable bonds is 4. The minimum Gasteiger partial charge on any atom is -0.497 e. The van der Waals surface area contributed by atoms with E-state index in [9.17, 15) is 0 Å². The van der Waals surface area contributed by atoms with Gasteiger partial charge in [0.15, 0.2) is 0 Å². The van der Waals surface area contributed by atoms with Gasteiger partial charge in [0.1, 0.15) is 5.75 Å². The van der Waals surface area contributed by atoms with E-state index >= 15 is 0 Å². The summed E-state index contributed by atoms with van der Waals surface area (Å²) in [5, 5.41) is 0. The number of anilines is 1. The second-order valence-electron chi connectivity index (χ2n) is 4.74. The maximum absolute atomic E-state index is 6.03. The average Bonchev–Trinajstić information content (AvgIpc) is 2.79. The molecule has 2 rings (SSSR count). The normalized spacial score (nSPS) is 20.7. The number of likely N-dealkylation sites (tertiary alicyclic amines) is 1. The Morgan fingerprint density at radius 2 is 2.29 bits per heavy atom. The first-order chi connectivity index (χ1) is 8.24. The van der Waals surface area contributed by atoms with E-state index in [1.165, 1.54) is 31.4 Å². The van der Waals surface area contributed by atoms with Gasteiger partial charge in [-0.25, -0.2) is 0 Å². The molecule has 1 heterocycles. The molecule has 17 heavy (non-hydrogen) atoms. The summed E-state index contributed by atoms with van der Waals surface area (Å²) in [6.45, 7) is 4.40. The van der Waals surface area contributed by atoms with Crippen LogP contribution in [0.15, 0.2) is 18.2 Å². The molecule has 1 aliphatic rings. The molecule has 0 saturated carbocycles. The van der Waals surface area contributed by atoms with Crippen LogP contribution in [0.4, 0.5) is 5.69 Å². The van der Waals surface area contributed by atoms with E-state index in [-0.39, 0.29) is 0 Å². The maximum Gasteiger partial charge on any atom is 0.119 e. The molecule has 1 aromatic rings. The van der Waals surface area contributed by atoms with E-state index in [0.717, 1.165) is 24.0 Å². The predicted octanol–water partition coefficient (Wildman–Crippen LogP) is 2.65. The van der Waals surface area contributed by atoms with Crippen molar-refractivity contribution in [2.75, 3.05) is 19.4 Å². The van der Waals surface area contributed by atoms with Gasteiger partial charge in [0.25, 0.3) is 0 Å². The van der Waals surface area contributed by atoms with Crippen molar-refractivity contribution in [1.82, 2.24) is 4.90 Å². The molecule has 1 aromatic carbocycles. The van der Waals surface area contributed by atoms with Gasteiger partial charge < -0.3 is 10.5 Å². The molecule has 1 saturated heterocycles. The zero-order valence-corrected chi connectivity index (χ0v) is 10.8. The van der Waals surface area contributed by atoms with Crippen LogP contribution in [-0.4, -0.2) is 24.6 Å². The number of ether oxygens (including phenoxy) is 1. The lowest BCUT2D eigenvalue weighted by atomic mass is 10.1. The van der Waals surface area contributed by atoms with Crippen LogP contribution in [0.25, 0.3) is 0 Å². The van der Waals surface area contributed by atoms with Gasteiger partial charge in [-0.1, -0.05) is 6.92 Å². The maximum atomic E-state index is 6.03. The summed E-state index contributed by atoms with van der Waals surface area (Å²) in [7, 11) is 1.69. The van der Waals surface area contributed by atoms with Crippen molar-refractivity contribution in [2.45, 2.75) is 38.8 Å². The van der Waals surface area contributed by atoms with Crippen molar-refractivity contribution in [3.05, 3.63) is 23.8 Å². The highest BCUT2D eigenvalue weighted by Crippen LogP contribution is 2.26. The second kappa shape index (κ2) is 5.41. The highest BCUT2D eigenvalue weighted by molar-refractivity contribution is 5.50. The van der Waals surface area contributed by atoms with Gasteiger partial charge in [-0.3, -0.25) is 4.90 Å². The molecule has 0 radical (unpaired) electrons. The first kappa shape index (κ1) is 12.2. The summed E-state index contributed by atoms with van der Waals surface area (Å²) >= 11 is 0. The van der Waals surface area contributed by atoms with Crippen LogP contribution >= 0.6 is 0 Å². The summed E-state index contributed by atoms with van der Waals surface area (Å²) in [6, 6.07) is 6.63. The Balaban J connectivity index is 2.12. The highest BCUT2D eigenvalue weighted by atomic mass is 16.5. The third kappa shape index (κ3) is 2.72. The topological polar surface area (TPSA) is 38.5 Å². The summed E-state index contributed by atoms with van der Waals surface area (Å²) in [5.74, 6) is 0.890. The Kier molecular flexibility index (Phi) is 3.89. The van der Waals surface area contributed by atoms with Gasteiger partial charge in [-0.05, 0) is 49.6 Å². The van der Waals surface area contributed by atoms with Crippen molar-refractivity contribution < 1.29 is 4.74 Å². The monoisotopic (exact) mass is 234 g/mol. The lowest BCUT2D eigenvalue weighted by molar-refractivity contribution is 0.240. The van der Waals surface area contributed by atoms with Crippen molar-refractivity contribution >= 4 is 5.69 Å². The first-order valence-electron chi connectivity index (χ1n) is 6.41. The average molecular weight is 234 g/mol. The van der Waals surface area contributed by atoms with Crippen LogP contribution in [0.1, 0.15) is 31.7 Å². The predicted molar refractivity (Wildman–Crippen MR) is 71.1 cm³/mol. The third-order valence-corrected chi connectivity index (χ3v) is 3.69. The van der Waals surface area contributed by atoms with Gasteiger partial charge in [0.2, 0.25) is 0 Å². The smallest absolute Gasteiger partial charge is 0.119 e. The SMILES string of the molecule is CCC1CCCN1Cc1cc(OC)ccc1N. The molecular formula is C14H22N2O. The molecule has 3 nitrogen and oxygen atoms in total. The quantitative estimate of drug-likeness (QED) is 0.814. The van der Waals surface area contributed by atoms with E-state index in [1.807, 2.05) is 12.1 Å². The van der Waals surface area contributed by atoms with Gasteiger partial charge in [0, 0.05) is 18.3 Å². The van der Waals surface area contributed by atoms with E-state index < -0.39 is 0 Å². The molecule has 0 aliphatic carbocycles. The molecule has 0 aromatic heterocycles. The van der Waals surface area contributed by atoms with Gasteiger partial charge in [-0.15, -0.1) is 0 Å². The minimum atomic E-state index is 0.723. The number of nitrogens with two attached hydrogens (primary N) is 1. The Morgan fingerprint density at radius 3 is 3.00 bits per heavy atom. The molecule has 94 valence electrons. The molecule has 0 bridgehead atoms. The fraction of sp³-hybridized carbons (Fsp3) is 0.571. The Bertz CT molecular complexity index is 378. The number of benzene rings is 1. The van der Waals surface area contributed by atoms with Crippen LogP contribution < -0.4 is 10.5 Å². The Labute approximate surface area is 104 Å². The number of nitrogen functional groups attached to an aromatic ring is 1. The number of nitrogens with zero attached hydrogens (tertiary/aromatic N) is 1. The lowest BCUT2D eigenvalue weighted by Gasteiger charge is -2.24. The molecule has 0 amide bonds. The fourth-order valence-corrected chi connectivity index (χ4v) is 2.63. The van der Waals surface area contributed by atoms with Crippen molar-refractivity contribution in [3.8, 4) is 5.75 Å². The van der Waals surface area contributed by atoms with E-state index in [2.05, 4.69) is 17.9 Å². The van der Waals surface area contributed by atoms with Gasteiger partial charge in [0.05, 0.1) is 7.11 Å². The third-order valence-electron chi connectivity index (χ3n) is 3.69. The molecule has 3 heteroatoms. The molecule has 1 atom stereocenters. The largest absolute Gasteiger partial charge is 0.497 e. The summed E-state index contributed by atoms with van der Waals surface area (Å²) in [5.41, 5.74) is 8.08. The second-order valence-corrected chi connectivity index (χ2v) is 4.74. The Hall–Kier alpha value is -1.22. The number of methoxy groups -OCH3 is 1. The summed E-state index contributed by atoms with van der Waals surface area (Å²) in [6.07, 6.45) is 3.85.